The molecule has 2 N–H and O–H groups in total. The van der Waals surface area contributed by atoms with Crippen molar-refractivity contribution >= 4 is 19.8 Å². The smallest absolute Gasteiger partial charge is 0.466 e. The number of allylic oxidation sites excluding steroid dienone is 10. The summed E-state index contributed by atoms with van der Waals surface area (Å²) in [6.45, 7) is 8.43. The Kier molecular flexibility index (Phi) is 35.5. The Labute approximate surface area is 400 Å². The third-order valence-electron chi connectivity index (χ3n) is 11.0. The first kappa shape index (κ1) is 60.7. The number of aliphatic hydroxyl groups excluding tert-OH is 1. The number of nitrogens with zero attached hydrogens (tertiary/aromatic N) is 1. The second-order valence-electron chi connectivity index (χ2n) is 18.3. The molecule has 0 aliphatic carbocycles. The van der Waals surface area contributed by atoms with Gasteiger partial charge in [0, 0.05) is 25.7 Å². The van der Waals surface area contributed by atoms with Gasteiger partial charge in [0.2, 0.25) is 0 Å². The van der Waals surface area contributed by atoms with Crippen LogP contribution in [-0.4, -0.2) is 86.1 Å². The summed E-state index contributed by atoms with van der Waals surface area (Å²) in [5.41, 5.74) is 2.68. The average Bonchev–Trinajstić information content (AvgIpc) is 3.53. The Balaban J connectivity index is 2.38. The normalized spacial score (nSPS) is 14.5. The van der Waals surface area contributed by atoms with Gasteiger partial charge in [-0.1, -0.05) is 151 Å². The van der Waals surface area contributed by atoms with Crippen LogP contribution in [0.5, 0.6) is 0 Å². The van der Waals surface area contributed by atoms with Crippen molar-refractivity contribution in [3.8, 4) is 0 Å². The van der Waals surface area contributed by atoms with Gasteiger partial charge in [-0.25, -0.2) is 4.57 Å². The molecule has 11 nitrogen and oxygen atoms in total. The molecule has 1 heterocycles. The Morgan fingerprint density at radius 2 is 1.23 bits per heavy atom. The molecule has 1 rings (SSSR count). The standard InChI is InChI=1S/C54H90NO10P/c1-8-10-12-13-14-15-16-17-18-21-24-27-32-37-49(56)38-33-30-36-42-54(58)64-50(46-63-66(59,60)62-44-43-55(5,6)7)45-61-53(57)41-35-29-26-23-20-19-22-25-28-34-40-52-48(4)47(3)51(65-52)39-31-11-9-2/h10,12,14-15,17-18,24,27,30,32-33,37,49-50,56H,8-9,11,13,16,19-23,25-26,28-29,31,34-36,38-46H2,1-7H3/p+1/b12-10-,15-14-,18-17-,27-24-,33-30-,37-32-/t49?,50-/m1/s1. The maximum absolute atomic E-state index is 12.7. The first-order valence-corrected chi connectivity index (χ1v) is 26.6. The number of hydrogen-bond donors (Lipinski definition) is 2. The zero-order valence-electron chi connectivity index (χ0n) is 42.2. The van der Waals surface area contributed by atoms with E-state index in [2.05, 4.69) is 64.2 Å². The molecular weight excluding hydrogens is 854 g/mol. The van der Waals surface area contributed by atoms with Crippen LogP contribution >= 0.6 is 7.82 Å². The highest BCUT2D eigenvalue weighted by Gasteiger charge is 2.27. The van der Waals surface area contributed by atoms with Crippen molar-refractivity contribution in [3.05, 3.63) is 95.6 Å². The number of phosphoric ester groups is 1. The number of furan rings is 1. The topological polar surface area (TPSA) is 142 Å². The van der Waals surface area contributed by atoms with Gasteiger partial charge < -0.3 is 28.4 Å². The number of unbranched alkanes of at least 4 members (excludes halogenated alkanes) is 11. The molecule has 1 aromatic heterocycles. The van der Waals surface area contributed by atoms with E-state index in [1.807, 2.05) is 39.4 Å². The van der Waals surface area contributed by atoms with Gasteiger partial charge in [0.15, 0.2) is 6.10 Å². The molecule has 2 unspecified atom stereocenters. The number of quaternary nitrogens is 1. The lowest BCUT2D eigenvalue weighted by molar-refractivity contribution is -0.870. The predicted octanol–water partition coefficient (Wildman–Crippen LogP) is 13.2. The summed E-state index contributed by atoms with van der Waals surface area (Å²) in [5, 5.41) is 10.3. The van der Waals surface area contributed by atoms with Gasteiger partial charge in [-0.05, 0) is 82.8 Å². The summed E-state index contributed by atoms with van der Waals surface area (Å²) in [6, 6.07) is 0. The van der Waals surface area contributed by atoms with E-state index in [9.17, 15) is 24.2 Å². The molecular formula is C54H91NO10P+. The van der Waals surface area contributed by atoms with Gasteiger partial charge in [0.05, 0.1) is 33.9 Å². The van der Waals surface area contributed by atoms with Gasteiger partial charge in [-0.2, -0.15) is 0 Å². The number of hydrogen-bond acceptors (Lipinski definition) is 9. The van der Waals surface area contributed by atoms with Crippen LogP contribution in [0.3, 0.4) is 0 Å². The highest BCUT2D eigenvalue weighted by atomic mass is 31.2. The molecule has 0 saturated carbocycles. The predicted molar refractivity (Wildman–Crippen MR) is 270 cm³/mol. The maximum atomic E-state index is 12.7. The van der Waals surface area contributed by atoms with Crippen molar-refractivity contribution in [2.45, 2.75) is 188 Å². The molecule has 0 spiro atoms. The Hall–Kier alpha value is -3.31. The Morgan fingerprint density at radius 3 is 1.82 bits per heavy atom. The van der Waals surface area contributed by atoms with Crippen LogP contribution in [0.25, 0.3) is 0 Å². The van der Waals surface area contributed by atoms with Crippen molar-refractivity contribution < 1.29 is 51.6 Å². The van der Waals surface area contributed by atoms with Crippen LogP contribution in [-0.2, 0) is 45.5 Å². The van der Waals surface area contributed by atoms with Crippen LogP contribution in [0, 0.1) is 13.8 Å². The minimum absolute atomic E-state index is 0.00929. The van der Waals surface area contributed by atoms with Gasteiger partial charge in [-0.3, -0.25) is 18.6 Å². The van der Waals surface area contributed by atoms with Gasteiger partial charge in [0.1, 0.15) is 31.3 Å². The number of ether oxygens (including phenoxy) is 2. The summed E-state index contributed by atoms with van der Waals surface area (Å²) in [4.78, 5) is 35.6. The third kappa shape index (κ3) is 34.9. The number of aryl methyl sites for hydroxylation is 2. The van der Waals surface area contributed by atoms with E-state index in [4.69, 9.17) is 22.9 Å². The van der Waals surface area contributed by atoms with E-state index >= 15 is 0 Å². The highest BCUT2D eigenvalue weighted by molar-refractivity contribution is 7.47. The molecule has 3 atom stereocenters. The summed E-state index contributed by atoms with van der Waals surface area (Å²) < 4.78 is 40.5. The molecule has 0 bridgehead atoms. The monoisotopic (exact) mass is 945 g/mol. The summed E-state index contributed by atoms with van der Waals surface area (Å²) >= 11 is 0. The van der Waals surface area contributed by atoms with E-state index < -0.39 is 38.6 Å². The van der Waals surface area contributed by atoms with Crippen LogP contribution in [0.15, 0.2) is 77.3 Å². The Morgan fingerprint density at radius 1 is 0.667 bits per heavy atom. The number of carbonyl (C=O) groups excluding carboxylic acids is 2. The molecule has 0 amide bonds. The van der Waals surface area contributed by atoms with Crippen molar-refractivity contribution in [1.29, 1.82) is 0 Å². The molecule has 0 aliphatic rings. The van der Waals surface area contributed by atoms with Gasteiger partial charge in [0.25, 0.3) is 0 Å². The number of rotatable bonds is 41. The quantitative estimate of drug-likeness (QED) is 0.0163. The third-order valence-corrected chi connectivity index (χ3v) is 12.0. The fourth-order valence-corrected chi connectivity index (χ4v) is 7.57. The molecule has 66 heavy (non-hydrogen) atoms. The van der Waals surface area contributed by atoms with Gasteiger partial charge in [-0.15, -0.1) is 0 Å². The molecule has 0 aromatic carbocycles. The lowest BCUT2D eigenvalue weighted by atomic mass is 10.0. The SMILES string of the molecule is CC/C=C\C/C=C\C/C=C\C/C=C\C=C/C(O)C/C=C\CCC(=O)O[C@H](COC(=O)CCCCCCCCCCCCc1oc(CCCCC)c(C)c1C)COP(=O)(O)OCC[N+](C)(C)C. The van der Waals surface area contributed by atoms with Crippen molar-refractivity contribution in [1.82, 2.24) is 0 Å². The van der Waals surface area contributed by atoms with E-state index in [1.54, 1.807) is 18.2 Å². The highest BCUT2D eigenvalue weighted by Crippen LogP contribution is 2.43. The molecule has 0 fully saturated rings. The van der Waals surface area contributed by atoms with Gasteiger partial charge >= 0.3 is 19.8 Å². The molecule has 1 aromatic rings. The van der Waals surface area contributed by atoms with Crippen LogP contribution < -0.4 is 0 Å². The van der Waals surface area contributed by atoms with E-state index in [-0.39, 0.29) is 26.1 Å². The van der Waals surface area contributed by atoms with E-state index in [0.717, 1.165) is 57.8 Å². The maximum Gasteiger partial charge on any atom is 0.472 e. The first-order valence-electron chi connectivity index (χ1n) is 25.1. The van der Waals surface area contributed by atoms with Crippen LogP contribution in [0.1, 0.15) is 171 Å². The number of carbonyl (C=O) groups is 2. The molecule has 0 aliphatic heterocycles. The second-order valence-corrected chi connectivity index (χ2v) is 19.7. The lowest BCUT2D eigenvalue weighted by Crippen LogP contribution is -2.37. The van der Waals surface area contributed by atoms with Crippen molar-refractivity contribution in [3.63, 3.8) is 0 Å². The fourth-order valence-electron chi connectivity index (χ4n) is 6.83. The number of phosphoric acid groups is 1. The second kappa shape index (κ2) is 38.6. The van der Waals surface area contributed by atoms with E-state index in [0.29, 0.717) is 30.3 Å². The Bertz CT molecular complexity index is 1650. The molecule has 376 valence electrons. The number of aliphatic hydroxyl groups is 1. The summed E-state index contributed by atoms with van der Waals surface area (Å²) in [7, 11) is 1.34. The summed E-state index contributed by atoms with van der Waals surface area (Å²) in [5.74, 6) is 1.36. The molecule has 12 heteroatoms. The zero-order chi connectivity index (χ0) is 48.7. The summed E-state index contributed by atoms with van der Waals surface area (Å²) in [6.07, 6.45) is 43.8. The average molecular weight is 945 g/mol. The van der Waals surface area contributed by atoms with Crippen molar-refractivity contribution in [2.24, 2.45) is 0 Å². The van der Waals surface area contributed by atoms with E-state index in [1.165, 1.54) is 80.4 Å². The minimum Gasteiger partial charge on any atom is -0.466 e. The van der Waals surface area contributed by atoms with Crippen LogP contribution in [0.4, 0.5) is 0 Å². The minimum atomic E-state index is -4.44. The largest absolute Gasteiger partial charge is 0.472 e. The zero-order valence-corrected chi connectivity index (χ0v) is 43.1. The fraction of sp³-hybridized carbons (Fsp3) is 0.667. The molecule has 0 radical (unpaired) electrons. The first-order chi connectivity index (χ1) is 31.7. The van der Waals surface area contributed by atoms with Crippen molar-refractivity contribution in [2.75, 3.05) is 47.5 Å². The lowest BCUT2D eigenvalue weighted by Gasteiger charge is -2.24. The number of likely N-dealkylation sites (N-methyl/N-ethyl adjacent to an activating group) is 1. The number of esters is 2. The van der Waals surface area contributed by atoms with Crippen LogP contribution in [0.2, 0.25) is 0 Å². The molecule has 0 saturated heterocycles.